The van der Waals surface area contributed by atoms with Gasteiger partial charge in [0.25, 0.3) is 0 Å². The Morgan fingerprint density at radius 2 is 2.17 bits per heavy atom. The van der Waals surface area contributed by atoms with E-state index in [1.165, 1.54) is 31.4 Å². The van der Waals surface area contributed by atoms with Gasteiger partial charge >= 0.3 is 0 Å². The summed E-state index contributed by atoms with van der Waals surface area (Å²) in [6, 6.07) is 4.48. The Morgan fingerprint density at radius 1 is 1.28 bits per heavy atom. The highest BCUT2D eigenvalue weighted by molar-refractivity contribution is 5.39. The number of fused-ring (bicyclic) bond motifs is 4. The molecule has 3 aliphatic rings. The minimum atomic E-state index is -0.580. The Labute approximate surface area is 106 Å². The second-order valence-electron chi connectivity index (χ2n) is 6.15. The van der Waals surface area contributed by atoms with Crippen molar-refractivity contribution in [3.63, 3.8) is 0 Å². The first-order chi connectivity index (χ1) is 8.66. The summed E-state index contributed by atoms with van der Waals surface area (Å²) in [7, 11) is 0. The van der Waals surface area contributed by atoms with Crippen LogP contribution in [0, 0.1) is 17.7 Å². The molecule has 1 spiro atoms. The van der Waals surface area contributed by atoms with Crippen molar-refractivity contribution >= 4 is 0 Å². The molecule has 2 saturated carbocycles. The third kappa shape index (κ3) is 1.37. The Bertz CT molecular complexity index is 501. The van der Waals surface area contributed by atoms with Gasteiger partial charge < -0.3 is 9.84 Å². The number of hydrogen-bond acceptors (Lipinski definition) is 2. The molecule has 0 saturated heterocycles. The third-order valence-electron chi connectivity index (χ3n) is 5.10. The maximum Gasteiger partial charge on any atom is 0.126 e. The molecule has 4 atom stereocenters. The van der Waals surface area contributed by atoms with Gasteiger partial charge in [-0.3, -0.25) is 0 Å². The van der Waals surface area contributed by atoms with E-state index in [0.29, 0.717) is 23.7 Å². The predicted molar refractivity (Wildman–Crippen MR) is 64.8 cm³/mol. The molecule has 1 heterocycles. The van der Waals surface area contributed by atoms with E-state index in [1.807, 2.05) is 0 Å². The Kier molecular flexibility index (Phi) is 2.08. The third-order valence-corrected chi connectivity index (χ3v) is 5.10. The van der Waals surface area contributed by atoms with Crippen LogP contribution < -0.4 is 4.74 Å². The van der Waals surface area contributed by atoms with Gasteiger partial charge in [-0.1, -0.05) is 0 Å². The van der Waals surface area contributed by atoms with E-state index in [2.05, 4.69) is 0 Å². The van der Waals surface area contributed by atoms with Crippen molar-refractivity contribution in [2.24, 2.45) is 11.8 Å². The average Bonchev–Trinajstić information content (AvgIpc) is 2.91. The minimum Gasteiger partial charge on any atom is -0.486 e. The highest BCUT2D eigenvalue weighted by atomic mass is 19.1. The van der Waals surface area contributed by atoms with Crippen LogP contribution in [-0.4, -0.2) is 10.7 Å². The van der Waals surface area contributed by atoms with E-state index in [4.69, 9.17) is 4.74 Å². The van der Waals surface area contributed by atoms with Crippen molar-refractivity contribution in [3.8, 4) is 5.75 Å². The zero-order chi connectivity index (χ0) is 12.3. The van der Waals surface area contributed by atoms with Crippen molar-refractivity contribution in [2.75, 3.05) is 0 Å². The lowest BCUT2D eigenvalue weighted by molar-refractivity contribution is -0.0510. The molecule has 2 aliphatic carbocycles. The average molecular weight is 248 g/mol. The molecule has 3 unspecified atom stereocenters. The van der Waals surface area contributed by atoms with Crippen molar-refractivity contribution in [3.05, 3.63) is 29.6 Å². The van der Waals surface area contributed by atoms with Crippen LogP contribution in [0.25, 0.3) is 0 Å². The summed E-state index contributed by atoms with van der Waals surface area (Å²) in [4.78, 5) is 0. The van der Waals surface area contributed by atoms with E-state index in [9.17, 15) is 9.50 Å². The topological polar surface area (TPSA) is 29.5 Å². The van der Waals surface area contributed by atoms with Gasteiger partial charge in [0.05, 0.1) is 6.10 Å². The van der Waals surface area contributed by atoms with Crippen LogP contribution in [0.2, 0.25) is 0 Å². The van der Waals surface area contributed by atoms with Gasteiger partial charge in [-0.05, 0) is 55.7 Å². The van der Waals surface area contributed by atoms with E-state index in [0.717, 1.165) is 12.3 Å². The molecule has 1 N–H and O–H groups in total. The fourth-order valence-electron chi connectivity index (χ4n) is 4.34. The van der Waals surface area contributed by atoms with Gasteiger partial charge in [0.2, 0.25) is 0 Å². The molecule has 0 radical (unpaired) electrons. The number of benzene rings is 1. The van der Waals surface area contributed by atoms with Crippen LogP contribution in [-0.2, 0) is 0 Å². The second kappa shape index (κ2) is 3.47. The van der Waals surface area contributed by atoms with Gasteiger partial charge in [-0.25, -0.2) is 4.39 Å². The maximum absolute atomic E-state index is 13.2. The first-order valence-corrected chi connectivity index (χ1v) is 6.83. The molecule has 18 heavy (non-hydrogen) atoms. The fourth-order valence-corrected chi connectivity index (χ4v) is 4.34. The number of aliphatic hydroxyl groups is 1. The van der Waals surface area contributed by atoms with Gasteiger partial charge in [0.15, 0.2) is 0 Å². The van der Waals surface area contributed by atoms with Crippen LogP contribution in [0.5, 0.6) is 5.75 Å². The van der Waals surface area contributed by atoms with Crippen LogP contribution in [0.4, 0.5) is 4.39 Å². The molecular weight excluding hydrogens is 231 g/mol. The monoisotopic (exact) mass is 248 g/mol. The molecule has 96 valence electrons. The van der Waals surface area contributed by atoms with Crippen molar-refractivity contribution in [1.82, 2.24) is 0 Å². The lowest BCUT2D eigenvalue weighted by Crippen LogP contribution is -2.45. The summed E-state index contributed by atoms with van der Waals surface area (Å²) in [5.74, 6) is 1.72. The highest BCUT2D eigenvalue weighted by Crippen LogP contribution is 2.57. The van der Waals surface area contributed by atoms with E-state index in [-0.39, 0.29) is 11.4 Å². The Hall–Kier alpha value is -1.09. The number of ether oxygens (including phenoxy) is 1. The molecule has 0 amide bonds. The fraction of sp³-hybridized carbons (Fsp3) is 0.600. The molecule has 3 heteroatoms. The van der Waals surface area contributed by atoms with Gasteiger partial charge in [0, 0.05) is 12.0 Å². The van der Waals surface area contributed by atoms with Crippen LogP contribution in [0.15, 0.2) is 18.2 Å². The van der Waals surface area contributed by atoms with Crippen LogP contribution in [0.1, 0.15) is 43.8 Å². The number of aliphatic hydroxyl groups excluding tert-OH is 1. The van der Waals surface area contributed by atoms with E-state index >= 15 is 0 Å². The summed E-state index contributed by atoms with van der Waals surface area (Å²) in [5, 5.41) is 10.3. The van der Waals surface area contributed by atoms with E-state index in [1.54, 1.807) is 6.07 Å². The van der Waals surface area contributed by atoms with Crippen LogP contribution >= 0.6 is 0 Å². The van der Waals surface area contributed by atoms with Gasteiger partial charge in [-0.2, -0.15) is 0 Å². The lowest BCUT2D eigenvalue weighted by atomic mass is 9.77. The molecule has 2 bridgehead atoms. The molecule has 1 aliphatic heterocycles. The number of hydrogen-bond donors (Lipinski definition) is 1. The summed E-state index contributed by atoms with van der Waals surface area (Å²) in [5.41, 5.74) is 0.441. The second-order valence-corrected chi connectivity index (χ2v) is 6.15. The highest BCUT2D eigenvalue weighted by Gasteiger charge is 2.55. The van der Waals surface area contributed by atoms with Gasteiger partial charge in [-0.15, -0.1) is 0 Å². The van der Waals surface area contributed by atoms with Gasteiger partial charge in [0.1, 0.15) is 17.2 Å². The zero-order valence-corrected chi connectivity index (χ0v) is 10.2. The first-order valence-electron chi connectivity index (χ1n) is 6.83. The molecule has 1 aromatic rings. The number of rotatable bonds is 0. The Balaban J connectivity index is 1.74. The normalized spacial score (nSPS) is 40.9. The van der Waals surface area contributed by atoms with Crippen molar-refractivity contribution in [1.29, 1.82) is 0 Å². The summed E-state index contributed by atoms with van der Waals surface area (Å²) < 4.78 is 19.4. The SMILES string of the molecule is O[C@H]1CC2(CC3CCC2C3)Oc2ccc(F)cc21. The largest absolute Gasteiger partial charge is 0.486 e. The minimum absolute atomic E-state index is 0.173. The Morgan fingerprint density at radius 3 is 2.89 bits per heavy atom. The summed E-state index contributed by atoms with van der Waals surface area (Å²) in [6.07, 6.45) is 4.87. The maximum atomic E-state index is 13.2. The molecule has 1 aromatic carbocycles. The van der Waals surface area contributed by atoms with E-state index < -0.39 is 6.10 Å². The smallest absolute Gasteiger partial charge is 0.126 e. The first kappa shape index (κ1) is 10.8. The van der Waals surface area contributed by atoms with Crippen molar-refractivity contribution in [2.45, 2.75) is 43.8 Å². The summed E-state index contributed by atoms with van der Waals surface area (Å²) >= 11 is 0. The standard InChI is InChI=1S/C15H17FO2/c16-11-3-4-14-12(6-11)13(17)8-15(18-14)7-9-1-2-10(15)5-9/h3-4,6,9-10,13,17H,1-2,5,7-8H2/t9?,10?,13-,15?/m0/s1. The lowest BCUT2D eigenvalue weighted by Gasteiger charge is -2.43. The molecule has 2 nitrogen and oxygen atoms in total. The van der Waals surface area contributed by atoms with Crippen molar-refractivity contribution < 1.29 is 14.2 Å². The predicted octanol–water partition coefficient (Wildman–Crippen LogP) is 3.20. The molecule has 0 aromatic heterocycles. The molecule has 4 rings (SSSR count). The quantitative estimate of drug-likeness (QED) is 0.764. The molecular formula is C15H17FO2. The number of halogens is 1. The van der Waals surface area contributed by atoms with Crippen LogP contribution in [0.3, 0.4) is 0 Å². The summed E-state index contributed by atoms with van der Waals surface area (Å²) in [6.45, 7) is 0. The molecule has 2 fully saturated rings. The zero-order valence-electron chi connectivity index (χ0n) is 10.2.